The van der Waals surface area contributed by atoms with Crippen LogP contribution in [0.15, 0.2) is 23.1 Å². The van der Waals surface area contributed by atoms with Crippen LogP contribution in [-0.4, -0.2) is 50.8 Å². The fourth-order valence-corrected chi connectivity index (χ4v) is 4.99. The summed E-state index contributed by atoms with van der Waals surface area (Å²) in [6.45, 7) is 4.58. The van der Waals surface area contributed by atoms with Crippen molar-refractivity contribution in [3.05, 3.63) is 23.8 Å². The van der Waals surface area contributed by atoms with Crippen LogP contribution in [0.25, 0.3) is 0 Å². The number of nitrogens with zero attached hydrogens (tertiary/aromatic N) is 2. The second kappa shape index (κ2) is 7.98. The summed E-state index contributed by atoms with van der Waals surface area (Å²) in [7, 11) is -3.78. The molecule has 27 heavy (non-hydrogen) atoms. The summed E-state index contributed by atoms with van der Waals surface area (Å²) in [5.41, 5.74) is 1.60. The van der Waals surface area contributed by atoms with Gasteiger partial charge >= 0.3 is 0 Å². The number of amides is 2. The number of carbonyl (C=O) groups excluding carboxylic acids is 2. The van der Waals surface area contributed by atoms with E-state index in [4.69, 9.17) is 0 Å². The molecule has 1 unspecified atom stereocenters. The molecule has 1 aromatic rings. The number of hydrogen-bond acceptors (Lipinski definition) is 4. The van der Waals surface area contributed by atoms with Crippen LogP contribution in [0, 0.1) is 0 Å². The van der Waals surface area contributed by atoms with E-state index in [0.29, 0.717) is 19.5 Å². The summed E-state index contributed by atoms with van der Waals surface area (Å²) in [5, 5.41) is 0. The second-order valence-electron chi connectivity index (χ2n) is 7.18. The van der Waals surface area contributed by atoms with Crippen LogP contribution in [-0.2, 0) is 26.0 Å². The number of sulfonamides is 1. The van der Waals surface area contributed by atoms with Gasteiger partial charge in [0.25, 0.3) is 0 Å². The third-order valence-corrected chi connectivity index (χ3v) is 6.87. The molecule has 0 aliphatic carbocycles. The molecule has 1 saturated heterocycles. The van der Waals surface area contributed by atoms with E-state index in [1.165, 1.54) is 13.0 Å². The quantitative estimate of drug-likeness (QED) is 0.824. The number of piperidine rings is 1. The predicted molar refractivity (Wildman–Crippen MR) is 103 cm³/mol. The van der Waals surface area contributed by atoms with Crippen molar-refractivity contribution >= 4 is 27.5 Å². The average Bonchev–Trinajstić information content (AvgIpc) is 3.09. The van der Waals surface area contributed by atoms with Gasteiger partial charge in [-0.25, -0.2) is 13.1 Å². The number of benzene rings is 1. The Balaban J connectivity index is 1.68. The van der Waals surface area contributed by atoms with Gasteiger partial charge in [0.2, 0.25) is 21.8 Å². The van der Waals surface area contributed by atoms with Gasteiger partial charge < -0.3 is 9.80 Å². The number of rotatable bonds is 5. The number of carbonyl (C=O) groups is 2. The molecular weight excluding hydrogens is 366 g/mol. The number of likely N-dealkylation sites (tertiary alicyclic amines) is 1. The predicted octanol–water partition coefficient (Wildman–Crippen LogP) is 1.67. The van der Waals surface area contributed by atoms with Crippen LogP contribution in [0.3, 0.4) is 0 Å². The molecule has 3 rings (SSSR count). The summed E-state index contributed by atoms with van der Waals surface area (Å²) < 4.78 is 27.7. The molecule has 0 saturated carbocycles. The smallest absolute Gasteiger partial charge is 0.241 e. The van der Waals surface area contributed by atoms with Gasteiger partial charge in [-0.1, -0.05) is 6.92 Å². The normalized spacial score (nSPS) is 19.9. The highest BCUT2D eigenvalue weighted by Gasteiger charge is 2.28. The summed E-state index contributed by atoms with van der Waals surface area (Å²) >= 11 is 0. The van der Waals surface area contributed by atoms with Crippen LogP contribution >= 0.6 is 0 Å². The molecule has 1 fully saturated rings. The Labute approximate surface area is 160 Å². The first-order valence-corrected chi connectivity index (χ1v) is 11.0. The van der Waals surface area contributed by atoms with Crippen LogP contribution in [0.1, 0.15) is 45.1 Å². The van der Waals surface area contributed by atoms with Gasteiger partial charge in [0, 0.05) is 31.7 Å². The Bertz CT molecular complexity index is 837. The maximum Gasteiger partial charge on any atom is 0.241 e. The maximum absolute atomic E-state index is 12.6. The van der Waals surface area contributed by atoms with Gasteiger partial charge in [-0.2, -0.15) is 0 Å². The zero-order chi connectivity index (χ0) is 19.6. The van der Waals surface area contributed by atoms with Crippen LogP contribution in [0.5, 0.6) is 0 Å². The number of fused-ring (bicyclic) bond motifs is 1. The number of hydrogen-bond donors (Lipinski definition) is 1. The minimum Gasteiger partial charge on any atom is -0.339 e. The monoisotopic (exact) mass is 393 g/mol. The van der Waals surface area contributed by atoms with Crippen LogP contribution < -0.4 is 9.62 Å². The Morgan fingerprint density at radius 2 is 2.00 bits per heavy atom. The van der Waals surface area contributed by atoms with Crippen molar-refractivity contribution in [2.45, 2.75) is 56.9 Å². The van der Waals surface area contributed by atoms with E-state index in [1.54, 1.807) is 21.9 Å². The molecule has 1 N–H and O–H groups in total. The Kier molecular flexibility index (Phi) is 5.86. The van der Waals surface area contributed by atoms with Gasteiger partial charge in [-0.15, -0.1) is 0 Å². The second-order valence-corrected chi connectivity index (χ2v) is 8.95. The summed E-state index contributed by atoms with van der Waals surface area (Å²) in [6, 6.07) is 4.95. The van der Waals surface area contributed by atoms with Gasteiger partial charge in [0.1, 0.15) is 0 Å². The van der Waals surface area contributed by atoms with Gasteiger partial charge in [0.05, 0.1) is 11.4 Å². The standard InChI is InChI=1S/C19H27N3O4S/c1-3-16-6-4-5-10-22(16)19(24)13-20-27(25,26)17-7-8-18-15(12-17)9-11-21(18)14(2)23/h7-8,12,16,20H,3-6,9-11,13H2,1-2H3. The van der Waals surface area contributed by atoms with Crippen molar-refractivity contribution in [2.75, 3.05) is 24.5 Å². The molecule has 8 heteroatoms. The number of anilines is 1. The molecule has 1 aromatic carbocycles. The summed E-state index contributed by atoms with van der Waals surface area (Å²) in [5.74, 6) is -0.228. The molecule has 2 aliphatic heterocycles. The highest BCUT2D eigenvalue weighted by Crippen LogP contribution is 2.30. The topological polar surface area (TPSA) is 86.8 Å². The van der Waals surface area contributed by atoms with Crippen molar-refractivity contribution in [2.24, 2.45) is 0 Å². The van der Waals surface area contributed by atoms with E-state index in [-0.39, 0.29) is 29.3 Å². The lowest BCUT2D eigenvalue weighted by Gasteiger charge is -2.35. The molecule has 0 radical (unpaired) electrons. The van der Waals surface area contributed by atoms with E-state index in [0.717, 1.165) is 36.9 Å². The lowest BCUT2D eigenvalue weighted by molar-refractivity contribution is -0.133. The Morgan fingerprint density at radius 3 is 2.70 bits per heavy atom. The van der Waals surface area contributed by atoms with Gasteiger partial charge in [-0.3, -0.25) is 9.59 Å². The molecule has 0 spiro atoms. The first-order chi connectivity index (χ1) is 12.8. The molecule has 7 nitrogen and oxygen atoms in total. The van der Waals surface area contributed by atoms with Gasteiger partial charge in [-0.05, 0) is 55.9 Å². The summed E-state index contributed by atoms with van der Waals surface area (Å²) in [4.78, 5) is 27.7. The van der Waals surface area contributed by atoms with Crippen molar-refractivity contribution in [3.63, 3.8) is 0 Å². The Morgan fingerprint density at radius 1 is 1.22 bits per heavy atom. The minimum atomic E-state index is -3.78. The largest absolute Gasteiger partial charge is 0.339 e. The highest BCUT2D eigenvalue weighted by molar-refractivity contribution is 7.89. The molecule has 0 bridgehead atoms. The lowest BCUT2D eigenvalue weighted by atomic mass is 10.00. The molecular formula is C19H27N3O4S. The zero-order valence-electron chi connectivity index (χ0n) is 15.9. The number of nitrogens with one attached hydrogen (secondary N) is 1. The fraction of sp³-hybridized carbons (Fsp3) is 0.579. The first kappa shape index (κ1) is 19.8. The molecule has 0 aromatic heterocycles. The third-order valence-electron chi connectivity index (χ3n) is 5.47. The van der Waals surface area contributed by atoms with E-state index < -0.39 is 10.0 Å². The van der Waals surface area contributed by atoms with Crippen molar-refractivity contribution in [1.29, 1.82) is 0 Å². The van der Waals surface area contributed by atoms with E-state index in [1.807, 2.05) is 0 Å². The minimum absolute atomic E-state index is 0.0555. The van der Waals surface area contributed by atoms with Gasteiger partial charge in [0.15, 0.2) is 0 Å². The Hall–Kier alpha value is -1.93. The van der Waals surface area contributed by atoms with E-state index >= 15 is 0 Å². The summed E-state index contributed by atoms with van der Waals surface area (Å²) in [6.07, 6.45) is 4.57. The zero-order valence-corrected chi connectivity index (χ0v) is 16.7. The SMILES string of the molecule is CCC1CCCCN1C(=O)CNS(=O)(=O)c1ccc2c(c1)CCN2C(C)=O. The van der Waals surface area contributed by atoms with Crippen molar-refractivity contribution in [1.82, 2.24) is 9.62 Å². The molecule has 2 amide bonds. The maximum atomic E-state index is 12.6. The van der Waals surface area contributed by atoms with E-state index in [9.17, 15) is 18.0 Å². The van der Waals surface area contributed by atoms with Crippen LogP contribution in [0.4, 0.5) is 5.69 Å². The van der Waals surface area contributed by atoms with E-state index in [2.05, 4.69) is 11.6 Å². The molecule has 2 heterocycles. The molecule has 148 valence electrons. The van der Waals surface area contributed by atoms with Crippen molar-refractivity contribution < 1.29 is 18.0 Å². The molecule has 2 aliphatic rings. The fourth-order valence-electron chi connectivity index (χ4n) is 3.97. The first-order valence-electron chi connectivity index (χ1n) is 9.53. The van der Waals surface area contributed by atoms with Crippen molar-refractivity contribution in [3.8, 4) is 0 Å². The highest BCUT2D eigenvalue weighted by atomic mass is 32.2. The van der Waals surface area contributed by atoms with Crippen LogP contribution in [0.2, 0.25) is 0 Å². The average molecular weight is 394 g/mol. The lowest BCUT2D eigenvalue weighted by Crippen LogP contribution is -2.47. The molecule has 1 atom stereocenters. The third kappa shape index (κ3) is 4.16.